The number of ether oxygens (including phenoxy) is 1. The molecule has 3 rings (SSSR count). The molecule has 2 aromatic carbocycles. The van der Waals surface area contributed by atoms with Crippen LogP contribution < -0.4 is 0 Å². The highest BCUT2D eigenvalue weighted by Crippen LogP contribution is 2.22. The van der Waals surface area contributed by atoms with Crippen LogP contribution in [-0.4, -0.2) is 37.7 Å². The molecule has 1 saturated heterocycles. The zero-order chi connectivity index (χ0) is 16.6. The van der Waals surface area contributed by atoms with Crippen LogP contribution in [0.4, 0.5) is 0 Å². The van der Waals surface area contributed by atoms with Crippen LogP contribution in [-0.2, 0) is 11.2 Å². The SMILES string of the molecule is Clc1ccc(-c2ccc(CC=CCCN3CCOCC3)cc2)cc1. The summed E-state index contributed by atoms with van der Waals surface area (Å²) in [5.41, 5.74) is 3.77. The number of nitrogens with zero attached hydrogens (tertiary/aromatic N) is 1. The number of hydrogen-bond donors (Lipinski definition) is 0. The van der Waals surface area contributed by atoms with Gasteiger partial charge >= 0.3 is 0 Å². The predicted molar refractivity (Wildman–Crippen MR) is 102 cm³/mol. The Balaban J connectivity index is 1.45. The lowest BCUT2D eigenvalue weighted by molar-refractivity contribution is 0.0387. The van der Waals surface area contributed by atoms with E-state index in [1.54, 1.807) is 0 Å². The summed E-state index contributed by atoms with van der Waals surface area (Å²) in [5.74, 6) is 0. The van der Waals surface area contributed by atoms with Gasteiger partial charge in [-0.25, -0.2) is 0 Å². The van der Waals surface area contributed by atoms with Crippen molar-refractivity contribution in [2.45, 2.75) is 12.8 Å². The van der Waals surface area contributed by atoms with Crippen LogP contribution in [0.25, 0.3) is 11.1 Å². The molecule has 24 heavy (non-hydrogen) atoms. The largest absolute Gasteiger partial charge is 0.379 e. The Bertz CT molecular complexity index is 643. The number of allylic oxidation sites excluding steroid dienone is 1. The second-order valence-electron chi connectivity index (χ2n) is 6.12. The average Bonchev–Trinajstić information content (AvgIpc) is 2.64. The first-order chi connectivity index (χ1) is 11.8. The van der Waals surface area contributed by atoms with Crippen LogP contribution in [0.15, 0.2) is 60.7 Å². The van der Waals surface area contributed by atoms with Crippen molar-refractivity contribution in [1.29, 1.82) is 0 Å². The fourth-order valence-corrected chi connectivity index (χ4v) is 3.02. The molecule has 1 fully saturated rings. The molecular formula is C21H24ClNO. The quantitative estimate of drug-likeness (QED) is 0.698. The smallest absolute Gasteiger partial charge is 0.0594 e. The van der Waals surface area contributed by atoms with Gasteiger partial charge in [-0.2, -0.15) is 0 Å². The lowest BCUT2D eigenvalue weighted by atomic mass is 10.0. The second kappa shape index (κ2) is 9.03. The molecule has 0 spiro atoms. The van der Waals surface area contributed by atoms with Gasteiger partial charge in [0.15, 0.2) is 0 Å². The van der Waals surface area contributed by atoms with Gasteiger partial charge in [-0.1, -0.05) is 60.2 Å². The van der Waals surface area contributed by atoms with Crippen LogP contribution in [0.1, 0.15) is 12.0 Å². The third-order valence-electron chi connectivity index (χ3n) is 4.37. The molecule has 0 atom stereocenters. The molecule has 0 saturated carbocycles. The van der Waals surface area contributed by atoms with Gasteiger partial charge in [-0.15, -0.1) is 0 Å². The van der Waals surface area contributed by atoms with Crippen molar-refractivity contribution in [2.75, 3.05) is 32.8 Å². The first-order valence-corrected chi connectivity index (χ1v) is 8.99. The summed E-state index contributed by atoms with van der Waals surface area (Å²) in [6.07, 6.45) is 6.67. The Morgan fingerprint density at radius 2 is 1.50 bits per heavy atom. The summed E-state index contributed by atoms with van der Waals surface area (Å²) in [6.45, 7) is 5.03. The number of rotatable bonds is 6. The van der Waals surface area contributed by atoms with Crippen LogP contribution >= 0.6 is 11.6 Å². The van der Waals surface area contributed by atoms with Crippen LogP contribution in [0.3, 0.4) is 0 Å². The van der Waals surface area contributed by atoms with E-state index in [2.05, 4.69) is 53.5 Å². The molecule has 1 heterocycles. The van der Waals surface area contributed by atoms with E-state index in [1.165, 1.54) is 16.7 Å². The van der Waals surface area contributed by atoms with Crippen molar-refractivity contribution in [3.63, 3.8) is 0 Å². The maximum absolute atomic E-state index is 5.94. The predicted octanol–water partition coefficient (Wildman–Crippen LogP) is 4.83. The van der Waals surface area contributed by atoms with Crippen LogP contribution in [0, 0.1) is 0 Å². The molecule has 0 aliphatic carbocycles. The Morgan fingerprint density at radius 1 is 0.875 bits per heavy atom. The van der Waals surface area contributed by atoms with Gasteiger partial charge in [-0.05, 0) is 41.7 Å². The number of morpholine rings is 1. The molecule has 1 aliphatic rings. The summed E-state index contributed by atoms with van der Waals surface area (Å²) < 4.78 is 5.37. The highest BCUT2D eigenvalue weighted by molar-refractivity contribution is 6.30. The van der Waals surface area contributed by atoms with Crippen molar-refractivity contribution in [1.82, 2.24) is 4.90 Å². The van der Waals surface area contributed by atoms with Crippen molar-refractivity contribution < 1.29 is 4.74 Å². The van der Waals surface area contributed by atoms with Crippen LogP contribution in [0.2, 0.25) is 5.02 Å². The molecule has 0 aromatic heterocycles. The lowest BCUT2D eigenvalue weighted by Crippen LogP contribution is -2.36. The molecule has 0 N–H and O–H groups in total. The first kappa shape index (κ1) is 17.2. The normalized spacial score (nSPS) is 15.9. The third-order valence-corrected chi connectivity index (χ3v) is 4.62. The average molecular weight is 342 g/mol. The van der Waals surface area contributed by atoms with Gasteiger partial charge in [0.25, 0.3) is 0 Å². The number of hydrogen-bond acceptors (Lipinski definition) is 2. The van der Waals surface area contributed by atoms with E-state index in [0.717, 1.165) is 50.7 Å². The molecule has 1 aliphatic heterocycles. The van der Waals surface area contributed by atoms with E-state index in [9.17, 15) is 0 Å². The third kappa shape index (κ3) is 5.20. The van der Waals surface area contributed by atoms with E-state index in [-0.39, 0.29) is 0 Å². The van der Waals surface area contributed by atoms with E-state index in [0.29, 0.717) is 0 Å². The fraction of sp³-hybridized carbons (Fsp3) is 0.333. The zero-order valence-electron chi connectivity index (χ0n) is 14.0. The highest BCUT2D eigenvalue weighted by atomic mass is 35.5. The van der Waals surface area contributed by atoms with E-state index in [4.69, 9.17) is 16.3 Å². The monoisotopic (exact) mass is 341 g/mol. The van der Waals surface area contributed by atoms with Crippen molar-refractivity contribution >= 4 is 11.6 Å². The summed E-state index contributed by atoms with van der Waals surface area (Å²) in [5, 5.41) is 0.776. The maximum Gasteiger partial charge on any atom is 0.0594 e. The zero-order valence-corrected chi connectivity index (χ0v) is 14.7. The van der Waals surface area contributed by atoms with Gasteiger partial charge in [-0.3, -0.25) is 4.90 Å². The van der Waals surface area contributed by atoms with E-state index in [1.807, 2.05) is 12.1 Å². The van der Waals surface area contributed by atoms with Gasteiger partial charge < -0.3 is 4.74 Å². The van der Waals surface area contributed by atoms with Crippen molar-refractivity contribution in [3.8, 4) is 11.1 Å². The Hall–Kier alpha value is -1.61. The van der Waals surface area contributed by atoms with E-state index < -0.39 is 0 Å². The van der Waals surface area contributed by atoms with Crippen LogP contribution in [0.5, 0.6) is 0 Å². The Kier molecular flexibility index (Phi) is 6.48. The Morgan fingerprint density at radius 3 is 2.17 bits per heavy atom. The minimum Gasteiger partial charge on any atom is -0.379 e. The minimum atomic E-state index is 0.776. The summed E-state index contributed by atoms with van der Waals surface area (Å²) >= 11 is 5.94. The second-order valence-corrected chi connectivity index (χ2v) is 6.56. The molecule has 2 aromatic rings. The Labute approximate surface area is 149 Å². The molecule has 0 bridgehead atoms. The molecule has 126 valence electrons. The van der Waals surface area contributed by atoms with Gasteiger partial charge in [0.1, 0.15) is 0 Å². The molecule has 3 heteroatoms. The molecule has 2 nitrogen and oxygen atoms in total. The summed E-state index contributed by atoms with van der Waals surface area (Å²) in [6, 6.07) is 16.8. The summed E-state index contributed by atoms with van der Waals surface area (Å²) in [4.78, 5) is 2.47. The fourth-order valence-electron chi connectivity index (χ4n) is 2.89. The van der Waals surface area contributed by atoms with Gasteiger partial charge in [0.05, 0.1) is 13.2 Å². The van der Waals surface area contributed by atoms with Gasteiger partial charge in [0.2, 0.25) is 0 Å². The topological polar surface area (TPSA) is 12.5 Å². The first-order valence-electron chi connectivity index (χ1n) is 8.61. The molecule has 0 radical (unpaired) electrons. The minimum absolute atomic E-state index is 0.776. The molecule has 0 amide bonds. The number of benzene rings is 2. The summed E-state index contributed by atoms with van der Waals surface area (Å²) in [7, 11) is 0. The van der Waals surface area contributed by atoms with Gasteiger partial charge in [0, 0.05) is 24.7 Å². The standard InChI is InChI=1S/C21H24ClNO/c22-21-11-9-20(10-12-21)19-7-5-18(6-8-19)4-2-1-3-13-23-14-16-24-17-15-23/h1-2,5-12H,3-4,13-17H2. The highest BCUT2D eigenvalue weighted by Gasteiger charge is 2.08. The van der Waals surface area contributed by atoms with Crippen molar-refractivity contribution in [2.24, 2.45) is 0 Å². The van der Waals surface area contributed by atoms with E-state index >= 15 is 0 Å². The van der Waals surface area contributed by atoms with Crippen molar-refractivity contribution in [3.05, 3.63) is 71.3 Å². The molecular weight excluding hydrogens is 318 g/mol. The molecule has 0 unspecified atom stereocenters. The lowest BCUT2D eigenvalue weighted by Gasteiger charge is -2.25. The number of halogens is 1. The maximum atomic E-state index is 5.94.